The number of fused-ring (bicyclic) bond motifs is 1. The highest BCUT2D eigenvalue weighted by atomic mass is 32.2. The zero-order valence-corrected chi connectivity index (χ0v) is 17.9. The van der Waals surface area contributed by atoms with Gasteiger partial charge in [0.25, 0.3) is 5.56 Å². The lowest BCUT2D eigenvalue weighted by Crippen LogP contribution is -2.40. The van der Waals surface area contributed by atoms with Crippen LogP contribution in [0.25, 0.3) is 21.3 Å². The van der Waals surface area contributed by atoms with Gasteiger partial charge < -0.3 is 11.2 Å². The summed E-state index contributed by atoms with van der Waals surface area (Å²) >= 11 is 2.64. The van der Waals surface area contributed by atoms with Crippen LogP contribution in [-0.2, 0) is 4.79 Å². The molecule has 1 aliphatic carbocycles. The number of nitrogens with zero attached hydrogens (tertiary/aromatic N) is 2. The summed E-state index contributed by atoms with van der Waals surface area (Å²) in [7, 11) is 0. The molecule has 0 spiro atoms. The number of hydrogen-bond acceptors (Lipinski definition) is 6. The third kappa shape index (κ3) is 4.18. The summed E-state index contributed by atoms with van der Waals surface area (Å²) < 4.78 is 1.07. The molecule has 0 bridgehead atoms. The van der Waals surface area contributed by atoms with Crippen molar-refractivity contribution < 1.29 is 4.79 Å². The Balaban J connectivity index is 1.57. The van der Waals surface area contributed by atoms with Gasteiger partial charge in [0.15, 0.2) is 5.16 Å². The second-order valence-corrected chi connectivity index (χ2v) is 9.53. The molecule has 0 saturated heterocycles. The Labute approximate surface area is 177 Å². The Bertz CT molecular complexity index is 1070. The number of benzene rings is 1. The summed E-state index contributed by atoms with van der Waals surface area (Å²) in [6.45, 7) is 1.82. The number of carbonyl (C=O) groups is 1. The van der Waals surface area contributed by atoms with E-state index in [4.69, 9.17) is 5.84 Å². The van der Waals surface area contributed by atoms with E-state index in [0.29, 0.717) is 15.4 Å². The molecular formula is C21H24N4O2S2. The third-order valence-corrected chi connectivity index (χ3v) is 7.23. The van der Waals surface area contributed by atoms with E-state index in [1.54, 1.807) is 0 Å². The van der Waals surface area contributed by atoms with Gasteiger partial charge in [-0.2, -0.15) is 0 Å². The lowest BCUT2D eigenvalue weighted by Gasteiger charge is -2.24. The van der Waals surface area contributed by atoms with E-state index < -0.39 is 0 Å². The zero-order chi connectivity index (χ0) is 20.4. The molecule has 1 saturated carbocycles. The van der Waals surface area contributed by atoms with Crippen LogP contribution in [0, 0.1) is 0 Å². The molecule has 1 aromatic carbocycles. The molecule has 6 nitrogen and oxygen atoms in total. The monoisotopic (exact) mass is 428 g/mol. The number of rotatable bonds is 5. The summed E-state index contributed by atoms with van der Waals surface area (Å²) in [6.07, 6.45) is 5.63. The van der Waals surface area contributed by atoms with Gasteiger partial charge in [0, 0.05) is 17.0 Å². The van der Waals surface area contributed by atoms with Crippen LogP contribution in [0.15, 0.2) is 45.7 Å². The first-order valence-corrected chi connectivity index (χ1v) is 11.6. The predicted octanol–water partition coefficient (Wildman–Crippen LogP) is 3.77. The van der Waals surface area contributed by atoms with Crippen molar-refractivity contribution in [3.63, 3.8) is 0 Å². The van der Waals surface area contributed by atoms with Gasteiger partial charge >= 0.3 is 0 Å². The second kappa shape index (κ2) is 8.59. The molecule has 2 heterocycles. The van der Waals surface area contributed by atoms with Crippen LogP contribution in [-0.4, -0.2) is 26.9 Å². The van der Waals surface area contributed by atoms with Crippen molar-refractivity contribution in [2.45, 2.75) is 55.5 Å². The van der Waals surface area contributed by atoms with Gasteiger partial charge in [-0.1, -0.05) is 61.4 Å². The molecule has 29 heavy (non-hydrogen) atoms. The lowest BCUT2D eigenvalue weighted by molar-refractivity contribution is -0.121. The first-order chi connectivity index (χ1) is 14.0. The van der Waals surface area contributed by atoms with Gasteiger partial charge in [0.05, 0.1) is 10.6 Å². The number of nitrogens with one attached hydrogen (secondary N) is 1. The van der Waals surface area contributed by atoms with E-state index in [2.05, 4.69) is 10.3 Å². The fourth-order valence-corrected chi connectivity index (χ4v) is 5.50. The van der Waals surface area contributed by atoms with Crippen LogP contribution in [0.2, 0.25) is 0 Å². The maximum atomic E-state index is 13.0. The summed E-state index contributed by atoms with van der Waals surface area (Å²) in [4.78, 5) is 30.8. The van der Waals surface area contributed by atoms with Gasteiger partial charge in [0.2, 0.25) is 5.91 Å². The van der Waals surface area contributed by atoms with E-state index in [1.807, 2.05) is 42.6 Å². The quantitative estimate of drug-likeness (QED) is 0.367. The predicted molar refractivity (Wildman–Crippen MR) is 120 cm³/mol. The van der Waals surface area contributed by atoms with Crippen LogP contribution < -0.4 is 16.7 Å². The third-order valence-electron chi connectivity index (χ3n) is 5.30. The molecule has 4 rings (SSSR count). The van der Waals surface area contributed by atoms with Crippen LogP contribution in [0.1, 0.15) is 39.0 Å². The van der Waals surface area contributed by atoms with Crippen molar-refractivity contribution in [2.75, 3.05) is 5.84 Å². The van der Waals surface area contributed by atoms with Crippen molar-refractivity contribution in [3.8, 4) is 11.1 Å². The number of hydrogen-bond donors (Lipinski definition) is 2. The maximum absolute atomic E-state index is 13.0. The van der Waals surface area contributed by atoms with Gasteiger partial charge in [-0.15, -0.1) is 11.3 Å². The van der Waals surface area contributed by atoms with Crippen molar-refractivity contribution in [1.82, 2.24) is 15.0 Å². The van der Waals surface area contributed by atoms with Crippen LogP contribution in [0.5, 0.6) is 0 Å². The number of aromatic nitrogens is 2. The molecule has 3 N–H and O–H groups in total. The van der Waals surface area contributed by atoms with Gasteiger partial charge in [-0.05, 0) is 25.3 Å². The first kappa shape index (κ1) is 20.0. The normalized spacial score (nSPS) is 16.0. The molecule has 1 amide bonds. The van der Waals surface area contributed by atoms with Crippen LogP contribution in [0.3, 0.4) is 0 Å². The van der Waals surface area contributed by atoms with Gasteiger partial charge in [-0.3, -0.25) is 9.59 Å². The maximum Gasteiger partial charge on any atom is 0.282 e. The molecule has 2 aromatic heterocycles. The molecule has 3 aromatic rings. The average molecular weight is 429 g/mol. The topological polar surface area (TPSA) is 90.0 Å². The smallest absolute Gasteiger partial charge is 0.282 e. The Morgan fingerprint density at radius 2 is 2.00 bits per heavy atom. The van der Waals surface area contributed by atoms with Crippen LogP contribution in [0.4, 0.5) is 0 Å². The zero-order valence-electron chi connectivity index (χ0n) is 16.3. The molecule has 1 atom stereocenters. The Hall–Kier alpha value is -2.32. The van der Waals surface area contributed by atoms with Crippen molar-refractivity contribution in [2.24, 2.45) is 0 Å². The number of thiophene rings is 1. The minimum atomic E-state index is -0.385. The SMILES string of the molecule is CC(Sc1nc2scc(-c3ccccc3)c2c(=O)n1N)C(=O)NC1CCCCC1. The highest BCUT2D eigenvalue weighted by molar-refractivity contribution is 8.00. The minimum Gasteiger partial charge on any atom is -0.352 e. The molecule has 0 radical (unpaired) electrons. The van der Waals surface area contributed by atoms with E-state index in [9.17, 15) is 9.59 Å². The Morgan fingerprint density at radius 1 is 1.28 bits per heavy atom. The largest absolute Gasteiger partial charge is 0.352 e. The summed E-state index contributed by atoms with van der Waals surface area (Å²) in [5, 5.41) is 5.55. The number of thioether (sulfide) groups is 1. The summed E-state index contributed by atoms with van der Waals surface area (Å²) in [6, 6.07) is 9.98. The van der Waals surface area contributed by atoms with E-state index in [0.717, 1.165) is 41.5 Å². The van der Waals surface area contributed by atoms with Crippen molar-refractivity contribution in [1.29, 1.82) is 0 Å². The summed E-state index contributed by atoms with van der Waals surface area (Å²) in [5.74, 6) is 6.05. The highest BCUT2D eigenvalue weighted by Gasteiger charge is 2.23. The molecule has 1 aliphatic rings. The molecule has 8 heteroatoms. The van der Waals surface area contributed by atoms with Gasteiger partial charge in [0.1, 0.15) is 4.83 Å². The number of nitrogens with two attached hydrogens (primary N) is 1. The van der Waals surface area contributed by atoms with Crippen LogP contribution >= 0.6 is 23.1 Å². The van der Waals surface area contributed by atoms with Crippen molar-refractivity contribution >= 4 is 39.2 Å². The van der Waals surface area contributed by atoms with E-state index in [-0.39, 0.29) is 22.8 Å². The molecule has 0 aliphatic heterocycles. The number of carbonyl (C=O) groups excluding carboxylic acids is 1. The summed E-state index contributed by atoms with van der Waals surface area (Å²) in [5.41, 5.74) is 1.50. The van der Waals surface area contributed by atoms with Gasteiger partial charge in [-0.25, -0.2) is 9.66 Å². The first-order valence-electron chi connectivity index (χ1n) is 9.86. The average Bonchev–Trinajstić information content (AvgIpc) is 3.17. The minimum absolute atomic E-state index is 0.0348. The van der Waals surface area contributed by atoms with Crippen molar-refractivity contribution in [3.05, 3.63) is 46.1 Å². The highest BCUT2D eigenvalue weighted by Crippen LogP contribution is 2.32. The lowest BCUT2D eigenvalue weighted by atomic mass is 9.95. The molecule has 1 fully saturated rings. The Morgan fingerprint density at radius 3 is 2.72 bits per heavy atom. The second-order valence-electron chi connectivity index (χ2n) is 7.37. The standard InChI is InChI=1S/C21H24N4O2S2/c1-13(18(26)23-15-10-6-3-7-11-15)29-21-24-19-17(20(27)25(21)22)16(12-28-19)14-8-4-2-5-9-14/h2,4-5,8-9,12-13,15H,3,6-7,10-11,22H2,1H3,(H,23,26). The molecule has 152 valence electrons. The molecule has 1 unspecified atom stereocenters. The fourth-order valence-electron chi connectivity index (χ4n) is 3.68. The van der Waals surface area contributed by atoms with E-state index >= 15 is 0 Å². The number of amides is 1. The number of nitrogen functional groups attached to an aromatic ring is 1. The Kier molecular flexibility index (Phi) is 5.91. The van der Waals surface area contributed by atoms with E-state index in [1.165, 1.54) is 29.5 Å². The fraction of sp³-hybridized carbons (Fsp3) is 0.381. The molecular weight excluding hydrogens is 404 g/mol.